The molecule has 1 amide bonds. The van der Waals surface area contributed by atoms with E-state index in [1.54, 1.807) is 66.7 Å². The lowest BCUT2D eigenvalue weighted by atomic mass is 10.2. The SMILES string of the molecule is COc1ccccc1N(CC(=O)N/N=C\c1ccc(Cl)cc1)S(=O)(=O)c1ccccc1. The molecule has 0 aliphatic heterocycles. The molecule has 0 aliphatic carbocycles. The number of rotatable bonds is 8. The minimum absolute atomic E-state index is 0.0540. The largest absolute Gasteiger partial charge is 0.495 e. The van der Waals surface area contributed by atoms with E-state index in [-0.39, 0.29) is 10.6 Å². The number of nitrogens with one attached hydrogen (secondary N) is 1. The summed E-state index contributed by atoms with van der Waals surface area (Å²) in [6, 6.07) is 21.3. The van der Waals surface area contributed by atoms with E-state index >= 15 is 0 Å². The van der Waals surface area contributed by atoms with Crippen LogP contribution in [-0.4, -0.2) is 34.2 Å². The summed E-state index contributed by atoms with van der Waals surface area (Å²) in [6.07, 6.45) is 1.44. The molecular weight excluding hydrogens is 438 g/mol. The molecule has 0 heterocycles. The lowest BCUT2D eigenvalue weighted by molar-refractivity contribution is -0.119. The molecule has 3 aromatic rings. The normalized spacial score (nSPS) is 11.3. The Hall–Kier alpha value is -3.36. The van der Waals surface area contributed by atoms with Crippen LogP contribution in [0.3, 0.4) is 0 Å². The molecule has 31 heavy (non-hydrogen) atoms. The van der Waals surface area contributed by atoms with Gasteiger partial charge in [-0.25, -0.2) is 13.8 Å². The number of benzene rings is 3. The highest BCUT2D eigenvalue weighted by Crippen LogP contribution is 2.31. The molecule has 1 N–H and O–H groups in total. The van der Waals surface area contributed by atoms with Crippen molar-refractivity contribution in [1.82, 2.24) is 5.43 Å². The second-order valence-electron chi connectivity index (χ2n) is 6.34. The van der Waals surface area contributed by atoms with Gasteiger partial charge in [0.05, 0.1) is 23.9 Å². The minimum atomic E-state index is -4.04. The fourth-order valence-electron chi connectivity index (χ4n) is 2.75. The molecule has 0 fully saturated rings. The first-order valence-corrected chi connectivity index (χ1v) is 11.0. The first-order valence-electron chi connectivity index (χ1n) is 9.20. The van der Waals surface area contributed by atoms with Gasteiger partial charge in [0.15, 0.2) is 0 Å². The zero-order chi connectivity index (χ0) is 22.3. The van der Waals surface area contributed by atoms with Crippen molar-refractivity contribution >= 4 is 39.4 Å². The van der Waals surface area contributed by atoms with E-state index in [1.807, 2.05) is 0 Å². The zero-order valence-corrected chi connectivity index (χ0v) is 18.2. The lowest BCUT2D eigenvalue weighted by Gasteiger charge is -2.25. The molecule has 0 atom stereocenters. The van der Waals surface area contributed by atoms with Crippen LogP contribution in [0, 0.1) is 0 Å². The van der Waals surface area contributed by atoms with Crippen molar-refractivity contribution < 1.29 is 17.9 Å². The summed E-state index contributed by atoms with van der Waals surface area (Å²) < 4.78 is 32.9. The molecule has 3 rings (SSSR count). The maximum Gasteiger partial charge on any atom is 0.264 e. The second kappa shape index (κ2) is 10.1. The van der Waals surface area contributed by atoms with Crippen molar-refractivity contribution in [3.63, 3.8) is 0 Å². The van der Waals surface area contributed by atoms with Crippen LogP contribution < -0.4 is 14.5 Å². The van der Waals surface area contributed by atoms with Crippen molar-refractivity contribution in [2.24, 2.45) is 5.10 Å². The van der Waals surface area contributed by atoms with Crippen LogP contribution in [0.1, 0.15) is 5.56 Å². The standard InChI is InChI=1S/C22H20ClN3O4S/c1-30-21-10-6-5-9-20(21)26(31(28,29)19-7-3-2-4-8-19)16-22(27)25-24-15-17-11-13-18(23)14-12-17/h2-15H,16H2,1H3,(H,25,27)/b24-15-. The molecule has 160 valence electrons. The van der Waals surface area contributed by atoms with Gasteiger partial charge in [0.25, 0.3) is 15.9 Å². The van der Waals surface area contributed by atoms with Gasteiger partial charge >= 0.3 is 0 Å². The highest BCUT2D eigenvalue weighted by molar-refractivity contribution is 7.92. The molecule has 0 spiro atoms. The molecule has 0 saturated carbocycles. The summed E-state index contributed by atoms with van der Waals surface area (Å²) in [7, 11) is -2.60. The average Bonchev–Trinajstić information content (AvgIpc) is 2.79. The predicted molar refractivity (Wildman–Crippen MR) is 121 cm³/mol. The third-order valence-electron chi connectivity index (χ3n) is 4.25. The van der Waals surface area contributed by atoms with E-state index in [0.29, 0.717) is 10.8 Å². The van der Waals surface area contributed by atoms with Gasteiger partial charge in [-0.1, -0.05) is 54.1 Å². The van der Waals surface area contributed by atoms with Gasteiger partial charge < -0.3 is 4.74 Å². The van der Waals surface area contributed by atoms with Gasteiger partial charge in [0, 0.05) is 5.02 Å². The molecule has 0 unspecified atom stereocenters. The molecule has 0 saturated heterocycles. The van der Waals surface area contributed by atoms with Crippen LogP contribution in [-0.2, 0) is 14.8 Å². The lowest BCUT2D eigenvalue weighted by Crippen LogP contribution is -2.39. The van der Waals surface area contributed by atoms with Crippen molar-refractivity contribution in [3.8, 4) is 5.75 Å². The van der Waals surface area contributed by atoms with Crippen LogP contribution in [0.15, 0.2) is 88.9 Å². The number of para-hydroxylation sites is 2. The number of nitrogens with zero attached hydrogens (tertiary/aromatic N) is 2. The Morgan fingerprint density at radius 1 is 1.03 bits per heavy atom. The Balaban J connectivity index is 1.86. The van der Waals surface area contributed by atoms with E-state index in [0.717, 1.165) is 9.87 Å². The Kier molecular flexibility index (Phi) is 7.28. The van der Waals surface area contributed by atoms with E-state index in [4.69, 9.17) is 16.3 Å². The number of sulfonamides is 1. The Bertz CT molecular complexity index is 1170. The number of hydrogen-bond acceptors (Lipinski definition) is 5. The number of halogens is 1. The summed E-state index contributed by atoms with van der Waals surface area (Å²) in [4.78, 5) is 12.6. The zero-order valence-electron chi connectivity index (χ0n) is 16.6. The molecule has 0 bridgehead atoms. The van der Waals surface area contributed by atoms with Crippen molar-refractivity contribution in [2.45, 2.75) is 4.90 Å². The summed E-state index contributed by atoms with van der Waals surface area (Å²) in [5.41, 5.74) is 3.32. The number of hydrazone groups is 1. The number of ether oxygens (including phenoxy) is 1. The molecule has 3 aromatic carbocycles. The summed E-state index contributed by atoms with van der Waals surface area (Å²) in [5.74, 6) is -0.296. The summed E-state index contributed by atoms with van der Waals surface area (Å²) in [6.45, 7) is -0.491. The van der Waals surface area contributed by atoms with Gasteiger partial charge in [-0.2, -0.15) is 5.10 Å². The van der Waals surface area contributed by atoms with Crippen LogP contribution in [0.25, 0.3) is 0 Å². The smallest absolute Gasteiger partial charge is 0.264 e. The molecule has 0 aromatic heterocycles. The van der Waals surface area contributed by atoms with Crippen molar-refractivity contribution in [2.75, 3.05) is 18.0 Å². The maximum absolute atomic E-state index is 13.3. The topological polar surface area (TPSA) is 88.1 Å². The van der Waals surface area contributed by atoms with Crippen LogP contribution in [0.4, 0.5) is 5.69 Å². The van der Waals surface area contributed by atoms with Gasteiger partial charge in [0.2, 0.25) is 0 Å². The van der Waals surface area contributed by atoms with Crippen LogP contribution >= 0.6 is 11.6 Å². The first kappa shape index (κ1) is 22.3. The maximum atomic E-state index is 13.3. The number of carbonyl (C=O) groups is 1. The Morgan fingerprint density at radius 3 is 2.35 bits per heavy atom. The van der Waals surface area contributed by atoms with Crippen LogP contribution in [0.2, 0.25) is 5.02 Å². The quantitative estimate of drug-likeness (QED) is 0.412. The highest BCUT2D eigenvalue weighted by atomic mass is 35.5. The van der Waals surface area contributed by atoms with E-state index in [9.17, 15) is 13.2 Å². The third kappa shape index (κ3) is 5.62. The predicted octanol–water partition coefficient (Wildman–Crippen LogP) is 3.69. The van der Waals surface area contributed by atoms with Gasteiger partial charge in [-0.15, -0.1) is 0 Å². The highest BCUT2D eigenvalue weighted by Gasteiger charge is 2.29. The molecule has 9 heteroatoms. The molecular formula is C22H20ClN3O4S. The fraction of sp³-hybridized carbons (Fsp3) is 0.0909. The monoisotopic (exact) mass is 457 g/mol. The van der Waals surface area contributed by atoms with Crippen molar-refractivity contribution in [3.05, 3.63) is 89.4 Å². The van der Waals surface area contributed by atoms with Gasteiger partial charge in [-0.05, 0) is 42.0 Å². The molecule has 0 radical (unpaired) electrons. The Labute approximate surface area is 186 Å². The number of anilines is 1. The fourth-order valence-corrected chi connectivity index (χ4v) is 4.33. The van der Waals surface area contributed by atoms with Crippen LogP contribution in [0.5, 0.6) is 5.75 Å². The Morgan fingerprint density at radius 2 is 1.68 bits per heavy atom. The van der Waals surface area contributed by atoms with Gasteiger partial charge in [0.1, 0.15) is 12.3 Å². The molecule has 7 nitrogen and oxygen atoms in total. The number of methoxy groups -OCH3 is 1. The number of carbonyl (C=O) groups excluding carboxylic acids is 1. The summed E-state index contributed by atoms with van der Waals surface area (Å²) in [5, 5.41) is 4.48. The van der Waals surface area contributed by atoms with Gasteiger partial charge in [-0.3, -0.25) is 9.10 Å². The average molecular weight is 458 g/mol. The summed E-state index contributed by atoms with van der Waals surface area (Å²) >= 11 is 5.84. The first-order chi connectivity index (χ1) is 14.9. The second-order valence-corrected chi connectivity index (χ2v) is 8.64. The minimum Gasteiger partial charge on any atom is -0.495 e. The number of hydrogen-bond donors (Lipinski definition) is 1. The van der Waals surface area contributed by atoms with Crippen molar-refractivity contribution in [1.29, 1.82) is 0 Å². The number of amides is 1. The molecule has 0 aliphatic rings. The van der Waals surface area contributed by atoms with E-state index in [2.05, 4.69) is 10.5 Å². The third-order valence-corrected chi connectivity index (χ3v) is 6.27. The van der Waals surface area contributed by atoms with E-state index in [1.165, 1.54) is 25.5 Å². The van der Waals surface area contributed by atoms with E-state index < -0.39 is 22.5 Å².